The number of piperidine rings is 1. The normalized spacial score (nSPS) is 20.0. The van der Waals surface area contributed by atoms with Gasteiger partial charge in [0.05, 0.1) is 18.3 Å². The standard InChI is InChI=1S/C19H20N2O2/c22-19(15-7-8-18-14(13-15)9-12-23-18)21-11-4-2-6-17(21)16-5-1-3-10-20-16/h1,3,5,7-8,10,13,17H,2,4,6,9,11-12H2/t17-/m0/s1. The SMILES string of the molecule is O=C(c1ccc2c(c1)CCO2)N1CCCC[C@H]1c1ccccn1. The van der Waals surface area contributed by atoms with E-state index in [0.29, 0.717) is 6.61 Å². The predicted octanol–water partition coefficient (Wildman–Crippen LogP) is 3.38. The largest absolute Gasteiger partial charge is 0.493 e. The molecule has 118 valence electrons. The number of ether oxygens (including phenoxy) is 1. The zero-order chi connectivity index (χ0) is 15.6. The van der Waals surface area contributed by atoms with Crippen molar-refractivity contribution in [3.63, 3.8) is 0 Å². The molecule has 0 saturated carbocycles. The van der Waals surface area contributed by atoms with Crippen molar-refractivity contribution in [2.24, 2.45) is 0 Å². The molecule has 2 aliphatic rings. The van der Waals surface area contributed by atoms with Crippen LogP contribution in [-0.2, 0) is 6.42 Å². The molecule has 0 spiro atoms. The molecule has 1 aromatic heterocycles. The highest BCUT2D eigenvalue weighted by molar-refractivity contribution is 5.95. The van der Waals surface area contributed by atoms with Crippen molar-refractivity contribution < 1.29 is 9.53 Å². The molecular weight excluding hydrogens is 288 g/mol. The van der Waals surface area contributed by atoms with E-state index in [1.807, 2.05) is 41.3 Å². The Hall–Kier alpha value is -2.36. The fourth-order valence-corrected chi connectivity index (χ4v) is 3.54. The Balaban J connectivity index is 1.63. The number of hydrogen-bond acceptors (Lipinski definition) is 3. The van der Waals surface area contributed by atoms with Gasteiger partial charge in [0.25, 0.3) is 5.91 Å². The van der Waals surface area contributed by atoms with Gasteiger partial charge in [-0.3, -0.25) is 9.78 Å². The number of benzene rings is 1. The van der Waals surface area contributed by atoms with Crippen LogP contribution in [-0.4, -0.2) is 28.9 Å². The molecule has 0 unspecified atom stereocenters. The maximum atomic E-state index is 13.0. The Bertz CT molecular complexity index is 715. The molecule has 2 aromatic rings. The number of likely N-dealkylation sites (tertiary alicyclic amines) is 1. The number of nitrogens with zero attached hydrogens (tertiary/aromatic N) is 2. The highest BCUT2D eigenvalue weighted by atomic mass is 16.5. The van der Waals surface area contributed by atoms with Crippen LogP contribution in [0.25, 0.3) is 0 Å². The zero-order valence-corrected chi connectivity index (χ0v) is 13.1. The van der Waals surface area contributed by atoms with Gasteiger partial charge < -0.3 is 9.64 Å². The molecule has 1 aromatic carbocycles. The van der Waals surface area contributed by atoms with E-state index in [9.17, 15) is 4.79 Å². The third-order valence-corrected chi connectivity index (χ3v) is 4.73. The quantitative estimate of drug-likeness (QED) is 0.854. The van der Waals surface area contributed by atoms with Crippen molar-refractivity contribution in [3.8, 4) is 5.75 Å². The first kappa shape index (κ1) is 14.2. The van der Waals surface area contributed by atoms with Gasteiger partial charge in [-0.1, -0.05) is 6.07 Å². The van der Waals surface area contributed by atoms with Gasteiger partial charge in [-0.15, -0.1) is 0 Å². The number of amides is 1. The molecule has 1 atom stereocenters. The Morgan fingerprint density at radius 3 is 3.04 bits per heavy atom. The van der Waals surface area contributed by atoms with Crippen LogP contribution >= 0.6 is 0 Å². The number of carbonyl (C=O) groups is 1. The lowest BCUT2D eigenvalue weighted by Gasteiger charge is -2.35. The summed E-state index contributed by atoms with van der Waals surface area (Å²) in [4.78, 5) is 19.5. The molecular formula is C19H20N2O2. The van der Waals surface area contributed by atoms with E-state index in [1.165, 1.54) is 0 Å². The van der Waals surface area contributed by atoms with E-state index in [0.717, 1.165) is 54.8 Å². The zero-order valence-electron chi connectivity index (χ0n) is 13.1. The van der Waals surface area contributed by atoms with Crippen LogP contribution in [0.15, 0.2) is 42.6 Å². The molecule has 0 radical (unpaired) electrons. The van der Waals surface area contributed by atoms with E-state index in [2.05, 4.69) is 4.98 Å². The number of aromatic nitrogens is 1. The summed E-state index contributed by atoms with van der Waals surface area (Å²) in [6.45, 7) is 1.51. The summed E-state index contributed by atoms with van der Waals surface area (Å²) in [5, 5.41) is 0. The van der Waals surface area contributed by atoms with Crippen LogP contribution in [0.2, 0.25) is 0 Å². The molecule has 4 rings (SSSR count). The number of rotatable bonds is 2. The highest BCUT2D eigenvalue weighted by Gasteiger charge is 2.30. The van der Waals surface area contributed by atoms with Crippen LogP contribution in [0.1, 0.15) is 46.9 Å². The molecule has 23 heavy (non-hydrogen) atoms. The van der Waals surface area contributed by atoms with Crippen molar-refractivity contribution in [1.82, 2.24) is 9.88 Å². The lowest BCUT2D eigenvalue weighted by atomic mass is 9.97. The Kier molecular flexibility index (Phi) is 3.74. The van der Waals surface area contributed by atoms with Crippen molar-refractivity contribution in [1.29, 1.82) is 0 Å². The number of hydrogen-bond donors (Lipinski definition) is 0. The van der Waals surface area contributed by atoms with E-state index in [1.54, 1.807) is 6.20 Å². The van der Waals surface area contributed by atoms with Crippen LogP contribution in [0.5, 0.6) is 5.75 Å². The summed E-state index contributed by atoms with van der Waals surface area (Å²) in [7, 11) is 0. The van der Waals surface area contributed by atoms with Crippen LogP contribution in [0.3, 0.4) is 0 Å². The lowest BCUT2D eigenvalue weighted by molar-refractivity contribution is 0.0606. The smallest absolute Gasteiger partial charge is 0.254 e. The highest BCUT2D eigenvalue weighted by Crippen LogP contribution is 2.32. The molecule has 4 heteroatoms. The first-order valence-electron chi connectivity index (χ1n) is 8.30. The summed E-state index contributed by atoms with van der Waals surface area (Å²) in [5.74, 6) is 1.02. The predicted molar refractivity (Wildman–Crippen MR) is 87.5 cm³/mol. The monoisotopic (exact) mass is 308 g/mol. The van der Waals surface area contributed by atoms with Crippen molar-refractivity contribution in [2.75, 3.05) is 13.2 Å². The molecule has 1 fully saturated rings. The maximum absolute atomic E-state index is 13.0. The first-order valence-corrected chi connectivity index (χ1v) is 8.30. The van der Waals surface area contributed by atoms with Gasteiger partial charge in [-0.2, -0.15) is 0 Å². The summed E-state index contributed by atoms with van der Waals surface area (Å²) in [6, 6.07) is 11.8. The molecule has 0 aliphatic carbocycles. The average molecular weight is 308 g/mol. The lowest BCUT2D eigenvalue weighted by Crippen LogP contribution is -2.38. The van der Waals surface area contributed by atoms with Crippen LogP contribution < -0.4 is 4.74 Å². The fraction of sp³-hybridized carbons (Fsp3) is 0.368. The van der Waals surface area contributed by atoms with E-state index >= 15 is 0 Å². The summed E-state index contributed by atoms with van der Waals surface area (Å²) < 4.78 is 5.53. The minimum Gasteiger partial charge on any atom is -0.493 e. The number of pyridine rings is 1. The average Bonchev–Trinajstić information content (AvgIpc) is 3.09. The minimum atomic E-state index is 0.0851. The second-order valence-electron chi connectivity index (χ2n) is 6.19. The molecule has 2 aliphatic heterocycles. The summed E-state index contributed by atoms with van der Waals surface area (Å²) in [5.41, 5.74) is 2.89. The van der Waals surface area contributed by atoms with Gasteiger partial charge in [0.15, 0.2) is 0 Å². The molecule has 0 bridgehead atoms. The second kappa shape index (κ2) is 6.03. The van der Waals surface area contributed by atoms with E-state index in [4.69, 9.17) is 4.74 Å². The molecule has 4 nitrogen and oxygen atoms in total. The first-order chi connectivity index (χ1) is 11.3. The van der Waals surface area contributed by atoms with Gasteiger partial charge in [0, 0.05) is 24.7 Å². The van der Waals surface area contributed by atoms with E-state index in [-0.39, 0.29) is 11.9 Å². The molecule has 1 saturated heterocycles. The second-order valence-corrected chi connectivity index (χ2v) is 6.19. The van der Waals surface area contributed by atoms with Gasteiger partial charge in [-0.25, -0.2) is 0 Å². The summed E-state index contributed by atoms with van der Waals surface area (Å²) in [6.07, 6.45) is 5.88. The topological polar surface area (TPSA) is 42.4 Å². The maximum Gasteiger partial charge on any atom is 0.254 e. The summed E-state index contributed by atoms with van der Waals surface area (Å²) >= 11 is 0. The van der Waals surface area contributed by atoms with Crippen molar-refractivity contribution in [3.05, 3.63) is 59.4 Å². The van der Waals surface area contributed by atoms with Gasteiger partial charge in [0.1, 0.15) is 5.75 Å². The van der Waals surface area contributed by atoms with E-state index < -0.39 is 0 Å². The molecule has 0 N–H and O–H groups in total. The van der Waals surface area contributed by atoms with Gasteiger partial charge in [-0.05, 0) is 55.2 Å². The van der Waals surface area contributed by atoms with Crippen LogP contribution in [0.4, 0.5) is 0 Å². The van der Waals surface area contributed by atoms with Gasteiger partial charge in [0.2, 0.25) is 0 Å². The Labute approximate surface area is 136 Å². The fourth-order valence-electron chi connectivity index (χ4n) is 3.54. The molecule has 3 heterocycles. The third kappa shape index (κ3) is 2.69. The molecule has 1 amide bonds. The number of fused-ring (bicyclic) bond motifs is 1. The third-order valence-electron chi connectivity index (χ3n) is 4.73. The van der Waals surface area contributed by atoms with Gasteiger partial charge >= 0.3 is 0 Å². The minimum absolute atomic E-state index is 0.0851. The van der Waals surface area contributed by atoms with Crippen molar-refractivity contribution >= 4 is 5.91 Å². The van der Waals surface area contributed by atoms with Crippen LogP contribution in [0, 0.1) is 0 Å². The van der Waals surface area contributed by atoms with Crippen molar-refractivity contribution in [2.45, 2.75) is 31.7 Å². The Morgan fingerprint density at radius 1 is 1.22 bits per heavy atom. The Morgan fingerprint density at radius 2 is 2.17 bits per heavy atom. The number of carbonyl (C=O) groups excluding carboxylic acids is 1.